The molecule has 8 nitrogen and oxygen atoms in total. The van der Waals surface area contributed by atoms with Crippen molar-refractivity contribution in [2.24, 2.45) is 5.92 Å². The standard InChI is InChI=1S/C23H31NO7/c1-24-9-8-23-7-3-2-4-14(23)16(24)10-12-5-6-13(11-15(12)23)30-22-19(27)17(25)18(26)20(31-22)21(28)29/h5-6,11,14,16-20,22,25-27H,2-4,7-10H2,1H3,(H,28,29)/t14?,16?,17-,18-,19+,20-,22+,23?/m0/s1/i1D3. The number of ether oxygens (including phenoxy) is 2. The molecular weight excluding hydrogens is 402 g/mol. The summed E-state index contributed by atoms with van der Waals surface area (Å²) < 4.78 is 35.2. The predicted octanol–water partition coefficient (Wildman–Crippen LogP) is 0.646. The fourth-order valence-electron chi connectivity index (χ4n) is 6.34. The van der Waals surface area contributed by atoms with Gasteiger partial charge in [-0.3, -0.25) is 0 Å². The van der Waals surface area contributed by atoms with E-state index < -0.39 is 43.7 Å². The summed E-state index contributed by atoms with van der Waals surface area (Å²) >= 11 is 0. The Morgan fingerprint density at radius 3 is 2.84 bits per heavy atom. The number of aliphatic carboxylic acids is 1. The van der Waals surface area contributed by atoms with Gasteiger partial charge in [0.05, 0.1) is 0 Å². The zero-order valence-electron chi connectivity index (χ0n) is 20.2. The summed E-state index contributed by atoms with van der Waals surface area (Å²) in [5, 5.41) is 39.6. The highest BCUT2D eigenvalue weighted by atomic mass is 16.7. The van der Waals surface area contributed by atoms with Crippen molar-refractivity contribution in [1.82, 2.24) is 4.90 Å². The number of aliphatic hydroxyl groups excluding tert-OH is 3. The van der Waals surface area contributed by atoms with Crippen LogP contribution < -0.4 is 4.74 Å². The Balaban J connectivity index is 1.46. The molecule has 4 aliphatic rings. The number of hydrogen-bond acceptors (Lipinski definition) is 7. The second-order valence-electron chi connectivity index (χ2n) is 9.40. The highest BCUT2D eigenvalue weighted by molar-refractivity contribution is 5.73. The molecule has 31 heavy (non-hydrogen) atoms. The summed E-state index contributed by atoms with van der Waals surface area (Å²) in [6.07, 6.45) is -2.90. The SMILES string of the molecule is [2H]C([2H])([2H])N1CCC23CCCCC2C1Cc1ccc(O[C@@H]2O[C@H](C(=O)O)[C@@H](O)[C@H](O)[C@H]2O)cc13. The van der Waals surface area contributed by atoms with Gasteiger partial charge in [-0.1, -0.05) is 18.9 Å². The van der Waals surface area contributed by atoms with E-state index in [2.05, 4.69) is 0 Å². The van der Waals surface area contributed by atoms with Gasteiger partial charge in [0, 0.05) is 15.6 Å². The average molecular weight is 437 g/mol. The van der Waals surface area contributed by atoms with Gasteiger partial charge in [-0.2, -0.15) is 0 Å². The molecule has 2 bridgehead atoms. The number of benzene rings is 1. The molecule has 4 N–H and O–H groups in total. The van der Waals surface area contributed by atoms with Gasteiger partial charge in [-0.25, -0.2) is 4.79 Å². The number of carboxylic acids is 1. The molecule has 2 aliphatic carbocycles. The number of hydrogen-bond donors (Lipinski definition) is 4. The number of likely N-dealkylation sites (N-methyl/N-ethyl adjacent to an activating group) is 1. The van der Waals surface area contributed by atoms with E-state index in [0.717, 1.165) is 43.2 Å². The maximum atomic E-state index is 11.4. The molecule has 1 aromatic rings. The summed E-state index contributed by atoms with van der Waals surface area (Å²) in [4.78, 5) is 13.1. The van der Waals surface area contributed by atoms with Crippen molar-refractivity contribution in [3.63, 3.8) is 0 Å². The molecule has 8 heteroatoms. The Labute approximate surface area is 185 Å². The van der Waals surface area contributed by atoms with Crippen LogP contribution in [0.3, 0.4) is 0 Å². The Hall–Kier alpha value is -1.71. The Bertz CT molecular complexity index is 959. The van der Waals surface area contributed by atoms with Gasteiger partial charge in [-0.05, 0) is 68.4 Å². The number of aliphatic hydroxyl groups is 3. The average Bonchev–Trinajstić information content (AvgIpc) is 2.78. The molecule has 8 atom stereocenters. The van der Waals surface area contributed by atoms with Gasteiger partial charge >= 0.3 is 5.97 Å². The summed E-state index contributed by atoms with van der Waals surface area (Å²) in [6, 6.07) is 5.45. The fraction of sp³-hybridized carbons (Fsp3) is 0.696. The molecule has 2 aliphatic heterocycles. The highest BCUT2D eigenvalue weighted by Crippen LogP contribution is 2.56. The molecule has 5 rings (SSSR count). The zero-order chi connectivity index (χ0) is 24.4. The van der Waals surface area contributed by atoms with E-state index in [4.69, 9.17) is 13.6 Å². The lowest BCUT2D eigenvalue weighted by Crippen LogP contribution is -2.61. The molecular formula is C23H31NO7. The van der Waals surface area contributed by atoms with Crippen LogP contribution in [0.4, 0.5) is 0 Å². The monoisotopic (exact) mass is 436 g/mol. The first kappa shape index (κ1) is 17.8. The van der Waals surface area contributed by atoms with Crippen molar-refractivity contribution in [2.75, 3.05) is 13.5 Å². The molecule has 0 aromatic heterocycles. The van der Waals surface area contributed by atoms with E-state index in [0.29, 0.717) is 18.7 Å². The van der Waals surface area contributed by atoms with Crippen LogP contribution >= 0.6 is 0 Å². The van der Waals surface area contributed by atoms with Crippen LogP contribution in [-0.2, 0) is 21.4 Å². The molecule has 0 spiro atoms. The van der Waals surface area contributed by atoms with Gasteiger partial charge < -0.3 is 34.8 Å². The van der Waals surface area contributed by atoms with Crippen molar-refractivity contribution in [2.45, 2.75) is 80.7 Å². The molecule has 0 radical (unpaired) electrons. The summed E-state index contributed by atoms with van der Waals surface area (Å²) in [5.74, 6) is -0.873. The van der Waals surface area contributed by atoms with E-state index in [9.17, 15) is 25.2 Å². The summed E-state index contributed by atoms with van der Waals surface area (Å²) in [7, 11) is 0. The van der Waals surface area contributed by atoms with E-state index in [1.165, 1.54) is 0 Å². The van der Waals surface area contributed by atoms with Crippen LogP contribution in [-0.4, -0.2) is 81.6 Å². The largest absolute Gasteiger partial charge is 0.479 e. The maximum absolute atomic E-state index is 11.4. The lowest BCUT2D eigenvalue weighted by atomic mass is 9.52. The van der Waals surface area contributed by atoms with Crippen molar-refractivity contribution < 1.29 is 38.8 Å². The number of likely N-dealkylation sites (tertiary alicyclic amines) is 1. The van der Waals surface area contributed by atoms with Crippen LogP contribution in [0.2, 0.25) is 0 Å². The van der Waals surface area contributed by atoms with Crippen molar-refractivity contribution in [3.8, 4) is 5.75 Å². The first-order chi connectivity index (χ1) is 16.0. The van der Waals surface area contributed by atoms with Crippen LogP contribution in [0, 0.1) is 5.92 Å². The number of rotatable bonds is 3. The lowest BCUT2D eigenvalue weighted by Gasteiger charge is -2.58. The third kappa shape index (κ3) is 3.27. The number of piperidine rings is 1. The van der Waals surface area contributed by atoms with Crippen LogP contribution in [0.15, 0.2) is 18.2 Å². The van der Waals surface area contributed by atoms with Crippen LogP contribution in [0.1, 0.15) is 47.3 Å². The van der Waals surface area contributed by atoms with E-state index in [-0.39, 0.29) is 17.4 Å². The Kier molecular flexibility index (Phi) is 4.42. The topological polar surface area (TPSA) is 120 Å². The second-order valence-corrected chi connectivity index (χ2v) is 9.40. The minimum Gasteiger partial charge on any atom is -0.479 e. The molecule has 1 saturated carbocycles. The molecule has 2 saturated heterocycles. The van der Waals surface area contributed by atoms with Crippen molar-refractivity contribution in [3.05, 3.63) is 29.3 Å². The molecule has 2 heterocycles. The molecule has 3 unspecified atom stereocenters. The fourth-order valence-corrected chi connectivity index (χ4v) is 6.34. The van der Waals surface area contributed by atoms with Gasteiger partial charge in [0.2, 0.25) is 6.29 Å². The van der Waals surface area contributed by atoms with Gasteiger partial charge in [0.1, 0.15) is 24.1 Å². The lowest BCUT2D eigenvalue weighted by molar-refractivity contribution is -0.271. The Morgan fingerprint density at radius 1 is 1.23 bits per heavy atom. The van der Waals surface area contributed by atoms with Crippen LogP contribution in [0.25, 0.3) is 0 Å². The van der Waals surface area contributed by atoms with Gasteiger partial charge in [0.15, 0.2) is 6.10 Å². The normalized spacial score (nSPS) is 44.2. The molecule has 170 valence electrons. The smallest absolute Gasteiger partial charge is 0.335 e. The number of fused-ring (bicyclic) bond motifs is 1. The summed E-state index contributed by atoms with van der Waals surface area (Å²) in [5.41, 5.74) is 2.05. The van der Waals surface area contributed by atoms with Crippen LogP contribution in [0.5, 0.6) is 5.75 Å². The number of nitrogens with zero attached hydrogens (tertiary/aromatic N) is 1. The first-order valence-electron chi connectivity index (χ1n) is 12.5. The number of carboxylic acid groups (broad SMARTS) is 1. The third-order valence-electron chi connectivity index (χ3n) is 7.87. The van der Waals surface area contributed by atoms with Crippen molar-refractivity contribution in [1.29, 1.82) is 0 Å². The van der Waals surface area contributed by atoms with Gasteiger partial charge in [0.25, 0.3) is 0 Å². The molecule has 1 aromatic carbocycles. The van der Waals surface area contributed by atoms with E-state index >= 15 is 0 Å². The van der Waals surface area contributed by atoms with E-state index in [1.807, 2.05) is 12.1 Å². The Morgan fingerprint density at radius 2 is 2.06 bits per heavy atom. The van der Waals surface area contributed by atoms with Crippen molar-refractivity contribution >= 4 is 5.97 Å². The maximum Gasteiger partial charge on any atom is 0.335 e. The minimum absolute atomic E-state index is 0.0442. The number of carbonyl (C=O) groups is 1. The van der Waals surface area contributed by atoms with Gasteiger partial charge in [-0.15, -0.1) is 0 Å². The summed E-state index contributed by atoms with van der Waals surface area (Å²) in [6.45, 7) is -1.63. The predicted molar refractivity (Wildman–Crippen MR) is 110 cm³/mol. The second kappa shape index (κ2) is 7.71. The zero-order valence-corrected chi connectivity index (χ0v) is 17.2. The minimum atomic E-state index is -2.13. The highest BCUT2D eigenvalue weighted by Gasteiger charge is 2.53. The first-order valence-corrected chi connectivity index (χ1v) is 11.0. The molecule has 0 amide bonds. The molecule has 3 fully saturated rings. The quantitative estimate of drug-likeness (QED) is 0.545. The van der Waals surface area contributed by atoms with E-state index in [1.54, 1.807) is 11.0 Å². The third-order valence-corrected chi connectivity index (χ3v) is 7.87.